The van der Waals surface area contributed by atoms with Crippen LogP contribution in [0.25, 0.3) is 0 Å². The second kappa shape index (κ2) is 12.5. The lowest BCUT2D eigenvalue weighted by Crippen LogP contribution is -2.26. The van der Waals surface area contributed by atoms with Crippen LogP contribution in [-0.2, 0) is 9.53 Å². The molecule has 0 radical (unpaired) electrons. The number of carboxylic acids is 1. The van der Waals surface area contributed by atoms with E-state index in [1.165, 1.54) is 25.7 Å². The van der Waals surface area contributed by atoms with Gasteiger partial charge in [-0.2, -0.15) is 0 Å². The van der Waals surface area contributed by atoms with Crippen molar-refractivity contribution in [2.45, 2.75) is 84.7 Å². The van der Waals surface area contributed by atoms with E-state index in [1.807, 2.05) is 0 Å². The Labute approximate surface area is 118 Å². The number of aliphatic carboxylic acids is 1. The third kappa shape index (κ3) is 9.94. The Morgan fingerprint density at radius 1 is 1.00 bits per heavy atom. The summed E-state index contributed by atoms with van der Waals surface area (Å²) in [4.78, 5) is 11.2. The van der Waals surface area contributed by atoms with E-state index in [1.54, 1.807) is 0 Å². The van der Waals surface area contributed by atoms with Gasteiger partial charge in [-0.3, -0.25) is 0 Å². The Morgan fingerprint density at radius 3 is 2.21 bits per heavy atom. The first kappa shape index (κ1) is 18.4. The zero-order chi connectivity index (χ0) is 14.5. The summed E-state index contributed by atoms with van der Waals surface area (Å²) >= 11 is 0. The Kier molecular flexibility index (Phi) is 12.1. The number of carbonyl (C=O) groups is 1. The molecule has 1 N–H and O–H groups in total. The Balaban J connectivity index is 3.94. The molecule has 0 aromatic rings. The van der Waals surface area contributed by atoms with E-state index < -0.39 is 12.1 Å². The number of rotatable bonds is 13. The maximum absolute atomic E-state index is 11.2. The van der Waals surface area contributed by atoms with Crippen LogP contribution in [-0.4, -0.2) is 23.8 Å². The van der Waals surface area contributed by atoms with Crippen molar-refractivity contribution < 1.29 is 14.6 Å². The molecule has 114 valence electrons. The van der Waals surface area contributed by atoms with Crippen LogP contribution in [0.4, 0.5) is 0 Å². The third-order valence-electron chi connectivity index (χ3n) is 3.67. The largest absolute Gasteiger partial charge is 0.479 e. The molecule has 0 aromatic carbocycles. The van der Waals surface area contributed by atoms with Crippen molar-refractivity contribution in [2.24, 2.45) is 5.92 Å². The minimum atomic E-state index is -0.804. The van der Waals surface area contributed by atoms with E-state index in [4.69, 9.17) is 9.84 Å². The quantitative estimate of drug-likeness (QED) is 0.497. The molecule has 0 bridgehead atoms. The van der Waals surface area contributed by atoms with Crippen LogP contribution in [0.5, 0.6) is 0 Å². The first-order chi connectivity index (χ1) is 9.15. The molecule has 19 heavy (non-hydrogen) atoms. The van der Waals surface area contributed by atoms with Gasteiger partial charge in [0.05, 0.1) is 6.61 Å². The lowest BCUT2D eigenvalue weighted by atomic mass is 10.0. The van der Waals surface area contributed by atoms with Crippen LogP contribution in [0, 0.1) is 5.92 Å². The number of hydrogen-bond acceptors (Lipinski definition) is 2. The molecule has 0 rings (SSSR count). The van der Waals surface area contributed by atoms with Crippen molar-refractivity contribution in [1.82, 2.24) is 0 Å². The van der Waals surface area contributed by atoms with E-state index in [0.717, 1.165) is 25.7 Å². The average Bonchev–Trinajstić information content (AvgIpc) is 2.40. The van der Waals surface area contributed by atoms with Crippen molar-refractivity contribution in [3.05, 3.63) is 0 Å². The molecular weight excluding hydrogens is 240 g/mol. The van der Waals surface area contributed by atoms with Gasteiger partial charge in [-0.1, -0.05) is 65.7 Å². The summed E-state index contributed by atoms with van der Waals surface area (Å²) < 4.78 is 5.63. The molecule has 2 unspecified atom stereocenters. The highest BCUT2D eigenvalue weighted by Gasteiger charge is 2.19. The van der Waals surface area contributed by atoms with Gasteiger partial charge in [-0.25, -0.2) is 4.79 Å². The predicted molar refractivity (Wildman–Crippen MR) is 79.4 cm³/mol. The topological polar surface area (TPSA) is 46.5 Å². The van der Waals surface area contributed by atoms with Crippen molar-refractivity contribution >= 4 is 5.97 Å². The molecule has 0 aliphatic heterocycles. The van der Waals surface area contributed by atoms with Crippen LogP contribution < -0.4 is 0 Å². The van der Waals surface area contributed by atoms with Crippen molar-refractivity contribution in [3.8, 4) is 0 Å². The second-order valence-corrected chi connectivity index (χ2v) is 5.43. The SMILES string of the molecule is CCCCCCC(OCC(CC)CCCC)C(=O)O. The van der Waals surface area contributed by atoms with Gasteiger partial charge in [0.1, 0.15) is 0 Å². The summed E-state index contributed by atoms with van der Waals surface area (Å²) in [5, 5.41) is 9.17. The fourth-order valence-electron chi connectivity index (χ4n) is 2.18. The second-order valence-electron chi connectivity index (χ2n) is 5.43. The van der Waals surface area contributed by atoms with Crippen LogP contribution >= 0.6 is 0 Å². The fourth-order valence-corrected chi connectivity index (χ4v) is 2.18. The summed E-state index contributed by atoms with van der Waals surface area (Å²) in [5.41, 5.74) is 0. The molecular formula is C16H32O3. The highest BCUT2D eigenvalue weighted by molar-refractivity contribution is 5.72. The predicted octanol–water partition coefficient (Wildman–Crippen LogP) is 4.64. The van der Waals surface area contributed by atoms with Crippen molar-refractivity contribution in [1.29, 1.82) is 0 Å². The van der Waals surface area contributed by atoms with Crippen LogP contribution in [0.1, 0.15) is 78.6 Å². The highest BCUT2D eigenvalue weighted by Crippen LogP contribution is 2.16. The van der Waals surface area contributed by atoms with Crippen molar-refractivity contribution in [3.63, 3.8) is 0 Å². The van der Waals surface area contributed by atoms with Crippen molar-refractivity contribution in [2.75, 3.05) is 6.61 Å². The first-order valence-electron chi connectivity index (χ1n) is 8.00. The molecule has 0 aliphatic carbocycles. The number of hydrogen-bond donors (Lipinski definition) is 1. The van der Waals surface area contributed by atoms with Gasteiger partial charge < -0.3 is 9.84 Å². The van der Waals surface area contributed by atoms with Gasteiger partial charge in [0.15, 0.2) is 6.10 Å². The number of ether oxygens (including phenoxy) is 1. The molecule has 0 saturated carbocycles. The van der Waals surface area contributed by atoms with E-state index in [9.17, 15) is 4.79 Å². The van der Waals surface area contributed by atoms with E-state index in [0.29, 0.717) is 18.9 Å². The molecule has 3 heteroatoms. The molecule has 0 fully saturated rings. The van der Waals surface area contributed by atoms with E-state index >= 15 is 0 Å². The molecule has 0 aromatic heterocycles. The van der Waals surface area contributed by atoms with Gasteiger partial charge in [0.25, 0.3) is 0 Å². The standard InChI is InChI=1S/C16H32O3/c1-4-7-9-10-12-15(16(17)18)19-13-14(6-3)11-8-5-2/h14-15H,4-13H2,1-3H3,(H,17,18). The third-order valence-corrected chi connectivity index (χ3v) is 3.67. The molecule has 3 nitrogen and oxygen atoms in total. The van der Waals surface area contributed by atoms with Crippen LogP contribution in [0.3, 0.4) is 0 Å². The lowest BCUT2D eigenvalue weighted by Gasteiger charge is -2.19. The summed E-state index contributed by atoms with van der Waals surface area (Å²) in [5.74, 6) is -0.292. The summed E-state index contributed by atoms with van der Waals surface area (Å²) in [6.45, 7) is 7.09. The lowest BCUT2D eigenvalue weighted by molar-refractivity contribution is -0.151. The maximum Gasteiger partial charge on any atom is 0.332 e. The first-order valence-corrected chi connectivity index (χ1v) is 8.00. The normalized spacial score (nSPS) is 14.3. The van der Waals surface area contributed by atoms with E-state index in [-0.39, 0.29) is 0 Å². The van der Waals surface area contributed by atoms with Crippen LogP contribution in [0.2, 0.25) is 0 Å². The Bertz CT molecular complexity index is 216. The monoisotopic (exact) mass is 272 g/mol. The molecule has 0 spiro atoms. The van der Waals surface area contributed by atoms with Crippen LogP contribution in [0.15, 0.2) is 0 Å². The highest BCUT2D eigenvalue weighted by atomic mass is 16.5. The number of unbranched alkanes of at least 4 members (excludes halogenated alkanes) is 4. The molecule has 2 atom stereocenters. The Morgan fingerprint density at radius 2 is 1.68 bits per heavy atom. The average molecular weight is 272 g/mol. The summed E-state index contributed by atoms with van der Waals surface area (Å²) in [6.07, 6.45) is 9.08. The maximum atomic E-state index is 11.2. The minimum absolute atomic E-state index is 0.512. The molecule has 0 amide bonds. The zero-order valence-electron chi connectivity index (χ0n) is 13.0. The van der Waals surface area contributed by atoms with Gasteiger partial charge in [-0.05, 0) is 18.8 Å². The smallest absolute Gasteiger partial charge is 0.332 e. The van der Waals surface area contributed by atoms with Gasteiger partial charge >= 0.3 is 5.97 Å². The molecule has 0 aliphatic rings. The van der Waals surface area contributed by atoms with Gasteiger partial charge in [0, 0.05) is 0 Å². The fraction of sp³-hybridized carbons (Fsp3) is 0.938. The minimum Gasteiger partial charge on any atom is -0.479 e. The molecule has 0 saturated heterocycles. The van der Waals surface area contributed by atoms with Gasteiger partial charge in [-0.15, -0.1) is 0 Å². The van der Waals surface area contributed by atoms with Gasteiger partial charge in [0.2, 0.25) is 0 Å². The van der Waals surface area contributed by atoms with E-state index in [2.05, 4.69) is 20.8 Å². The number of carboxylic acid groups (broad SMARTS) is 1. The summed E-state index contributed by atoms with van der Waals surface area (Å²) in [6, 6.07) is 0. The Hall–Kier alpha value is -0.570. The summed E-state index contributed by atoms with van der Waals surface area (Å²) in [7, 11) is 0. The molecule has 0 heterocycles. The zero-order valence-corrected chi connectivity index (χ0v) is 13.0.